The van der Waals surface area contributed by atoms with Crippen LogP contribution in [-0.2, 0) is 11.2 Å². The Hall–Kier alpha value is -3.26. The topological polar surface area (TPSA) is 107 Å². The molecular formula is C21H20FN3O4. The van der Waals surface area contributed by atoms with E-state index in [9.17, 15) is 24.2 Å². The molecule has 0 unspecified atom stereocenters. The number of hydrogen-bond acceptors (Lipinski definition) is 4. The lowest BCUT2D eigenvalue weighted by Gasteiger charge is -2.43. The number of nitrogens with one attached hydrogen (secondary N) is 1. The summed E-state index contributed by atoms with van der Waals surface area (Å²) in [5, 5.41) is 21.4. The molecule has 2 aromatic heterocycles. The van der Waals surface area contributed by atoms with Crippen LogP contribution < -0.4 is 0 Å². The lowest BCUT2D eigenvalue weighted by molar-refractivity contribution is -0.161. The van der Waals surface area contributed by atoms with E-state index in [0.29, 0.717) is 11.2 Å². The molecule has 4 rings (SSSR count). The molecule has 0 spiro atoms. The predicted octanol–water partition coefficient (Wildman–Crippen LogP) is 2.22. The van der Waals surface area contributed by atoms with E-state index in [2.05, 4.69) is 9.97 Å². The third-order valence-electron chi connectivity index (χ3n) is 5.53. The van der Waals surface area contributed by atoms with Gasteiger partial charge < -0.3 is 20.1 Å². The lowest BCUT2D eigenvalue weighted by Crippen LogP contribution is -2.58. The number of nitrogens with zero attached hydrogens (tertiary/aromatic N) is 2. The minimum atomic E-state index is -1.63. The fourth-order valence-corrected chi connectivity index (χ4v) is 3.93. The molecule has 3 N–H and O–H groups in total. The van der Waals surface area contributed by atoms with E-state index in [1.807, 2.05) is 6.07 Å². The second kappa shape index (κ2) is 7.29. The average molecular weight is 397 g/mol. The Morgan fingerprint density at radius 2 is 2.10 bits per heavy atom. The maximum Gasteiger partial charge on any atom is 0.314 e. The number of aliphatic carboxylic acids is 1. The van der Waals surface area contributed by atoms with Gasteiger partial charge in [-0.2, -0.15) is 0 Å². The Morgan fingerprint density at radius 1 is 1.28 bits per heavy atom. The summed E-state index contributed by atoms with van der Waals surface area (Å²) in [6, 6.07) is 10.8. The molecular weight excluding hydrogens is 377 g/mol. The van der Waals surface area contributed by atoms with Crippen LogP contribution in [0, 0.1) is 11.2 Å². The summed E-state index contributed by atoms with van der Waals surface area (Å²) < 4.78 is 13.6. The van der Waals surface area contributed by atoms with E-state index in [1.54, 1.807) is 24.4 Å². The first kappa shape index (κ1) is 19.1. The van der Waals surface area contributed by atoms with Crippen molar-refractivity contribution in [3.8, 4) is 0 Å². The van der Waals surface area contributed by atoms with Gasteiger partial charge in [0.25, 0.3) is 5.91 Å². The fraction of sp³-hybridized carbons (Fsp3) is 0.286. The Morgan fingerprint density at radius 3 is 2.86 bits per heavy atom. The summed E-state index contributed by atoms with van der Waals surface area (Å²) in [6.45, 7) is 0.0198. The zero-order valence-corrected chi connectivity index (χ0v) is 15.5. The number of likely N-dealkylation sites (tertiary alicyclic amines) is 1. The summed E-state index contributed by atoms with van der Waals surface area (Å²) in [5.41, 5.74) is -0.414. The number of carboxylic acids is 1. The standard InChI is InChI=1S/C21H20FN3O4/c22-15-3-1-2-13(10-15)11-21(20(28)29)12-25(9-7-17(21)26)19(27)16-5-4-14-6-8-23-18(14)24-16/h1-6,8,10,17,26H,7,9,11-12H2,(H,23,24)(H,28,29)/t17-,21-/m1/s1. The normalized spacial score (nSPS) is 22.0. The molecule has 150 valence electrons. The van der Waals surface area contributed by atoms with Gasteiger partial charge in [0, 0.05) is 24.7 Å². The molecule has 1 aliphatic rings. The second-order valence-corrected chi connectivity index (χ2v) is 7.41. The van der Waals surface area contributed by atoms with Crippen LogP contribution in [0.3, 0.4) is 0 Å². The van der Waals surface area contributed by atoms with Gasteiger partial charge in [-0.25, -0.2) is 9.37 Å². The highest BCUT2D eigenvalue weighted by Crippen LogP contribution is 2.35. The van der Waals surface area contributed by atoms with Crippen molar-refractivity contribution in [2.24, 2.45) is 5.41 Å². The van der Waals surface area contributed by atoms with Gasteiger partial charge in [-0.15, -0.1) is 0 Å². The molecule has 1 saturated heterocycles. The van der Waals surface area contributed by atoms with Gasteiger partial charge in [-0.05, 0) is 48.7 Å². The molecule has 0 aliphatic carbocycles. The third kappa shape index (κ3) is 3.47. The third-order valence-corrected chi connectivity index (χ3v) is 5.53. The largest absolute Gasteiger partial charge is 0.481 e. The minimum Gasteiger partial charge on any atom is -0.481 e. The number of pyridine rings is 1. The minimum absolute atomic E-state index is 0.0892. The summed E-state index contributed by atoms with van der Waals surface area (Å²) in [7, 11) is 0. The molecule has 0 bridgehead atoms. The number of carbonyl (C=O) groups is 2. The summed E-state index contributed by atoms with van der Waals surface area (Å²) >= 11 is 0. The van der Waals surface area contributed by atoms with Gasteiger partial charge in [0.1, 0.15) is 22.6 Å². The van der Waals surface area contributed by atoms with Crippen LogP contribution in [0.15, 0.2) is 48.7 Å². The number of benzene rings is 1. The first-order valence-electron chi connectivity index (χ1n) is 9.28. The van der Waals surface area contributed by atoms with Gasteiger partial charge >= 0.3 is 5.97 Å². The number of aromatic nitrogens is 2. The smallest absolute Gasteiger partial charge is 0.314 e. The van der Waals surface area contributed by atoms with Crippen molar-refractivity contribution in [3.05, 3.63) is 65.7 Å². The number of fused-ring (bicyclic) bond motifs is 1. The number of hydrogen-bond donors (Lipinski definition) is 3. The second-order valence-electron chi connectivity index (χ2n) is 7.41. The van der Waals surface area contributed by atoms with Crippen molar-refractivity contribution in [1.82, 2.24) is 14.9 Å². The monoisotopic (exact) mass is 397 g/mol. The zero-order valence-electron chi connectivity index (χ0n) is 15.5. The van der Waals surface area contributed by atoms with Crippen LogP contribution in [0.5, 0.6) is 0 Å². The van der Waals surface area contributed by atoms with Gasteiger partial charge in [0.15, 0.2) is 0 Å². The van der Waals surface area contributed by atoms with E-state index < -0.39 is 29.2 Å². The Balaban J connectivity index is 1.64. The molecule has 3 heterocycles. The van der Waals surface area contributed by atoms with E-state index >= 15 is 0 Å². The highest BCUT2D eigenvalue weighted by Gasteiger charge is 2.50. The number of amides is 1. The first-order chi connectivity index (χ1) is 13.9. The quantitative estimate of drug-likeness (QED) is 0.626. The summed E-state index contributed by atoms with van der Waals surface area (Å²) in [6.07, 6.45) is 0.579. The number of rotatable bonds is 4. The van der Waals surface area contributed by atoms with E-state index in [4.69, 9.17) is 0 Å². The molecule has 2 atom stereocenters. The molecule has 1 amide bonds. The van der Waals surface area contributed by atoms with Crippen LogP contribution >= 0.6 is 0 Å². The van der Waals surface area contributed by atoms with Crippen molar-refractivity contribution < 1.29 is 24.2 Å². The zero-order chi connectivity index (χ0) is 20.6. The number of halogens is 1. The maximum atomic E-state index is 13.6. The fourth-order valence-electron chi connectivity index (χ4n) is 3.93. The highest BCUT2D eigenvalue weighted by molar-refractivity contribution is 5.95. The van der Waals surface area contributed by atoms with Gasteiger partial charge in [0.05, 0.1) is 6.10 Å². The molecule has 8 heteroatoms. The van der Waals surface area contributed by atoms with E-state index in [-0.39, 0.29) is 31.6 Å². The van der Waals surface area contributed by atoms with E-state index in [1.165, 1.54) is 23.1 Å². The first-order valence-corrected chi connectivity index (χ1v) is 9.28. The van der Waals surface area contributed by atoms with Crippen LogP contribution in [0.25, 0.3) is 11.0 Å². The molecule has 1 fully saturated rings. The van der Waals surface area contributed by atoms with Crippen molar-refractivity contribution >= 4 is 22.9 Å². The number of carbonyl (C=O) groups excluding carboxylic acids is 1. The number of H-pyrrole nitrogens is 1. The summed E-state index contributed by atoms with van der Waals surface area (Å²) in [4.78, 5) is 33.9. The maximum absolute atomic E-state index is 13.6. The van der Waals surface area contributed by atoms with Crippen molar-refractivity contribution in [1.29, 1.82) is 0 Å². The van der Waals surface area contributed by atoms with Gasteiger partial charge in [0.2, 0.25) is 0 Å². The van der Waals surface area contributed by atoms with Crippen LogP contribution in [0.1, 0.15) is 22.5 Å². The highest BCUT2D eigenvalue weighted by atomic mass is 19.1. The molecule has 3 aromatic rings. The molecule has 29 heavy (non-hydrogen) atoms. The Bertz CT molecular complexity index is 1080. The van der Waals surface area contributed by atoms with Crippen LogP contribution in [-0.4, -0.2) is 56.2 Å². The van der Waals surface area contributed by atoms with Crippen molar-refractivity contribution in [2.75, 3.05) is 13.1 Å². The molecule has 0 radical (unpaired) electrons. The van der Waals surface area contributed by atoms with Crippen molar-refractivity contribution in [2.45, 2.75) is 18.9 Å². The van der Waals surface area contributed by atoms with Crippen molar-refractivity contribution in [3.63, 3.8) is 0 Å². The molecule has 7 nitrogen and oxygen atoms in total. The average Bonchev–Trinajstić information content (AvgIpc) is 3.17. The number of piperidine rings is 1. The number of aliphatic hydroxyl groups is 1. The van der Waals surface area contributed by atoms with Crippen LogP contribution in [0.2, 0.25) is 0 Å². The lowest BCUT2D eigenvalue weighted by atomic mass is 9.72. The molecule has 0 saturated carbocycles. The van der Waals surface area contributed by atoms with Gasteiger partial charge in [-0.3, -0.25) is 9.59 Å². The molecule has 1 aliphatic heterocycles. The van der Waals surface area contributed by atoms with Crippen LogP contribution in [0.4, 0.5) is 4.39 Å². The summed E-state index contributed by atoms with van der Waals surface area (Å²) in [5.74, 6) is -2.11. The Kier molecular flexibility index (Phi) is 4.79. The number of aromatic amines is 1. The SMILES string of the molecule is O=C(c1ccc2cc[nH]c2n1)N1CC[C@@H](O)[C@](Cc2cccc(F)c2)(C(=O)O)C1. The van der Waals surface area contributed by atoms with E-state index in [0.717, 1.165) is 5.39 Å². The predicted molar refractivity (Wildman–Crippen MR) is 103 cm³/mol. The number of aliphatic hydroxyl groups excluding tert-OH is 1. The number of carboxylic acid groups (broad SMARTS) is 1. The van der Waals surface area contributed by atoms with Gasteiger partial charge in [-0.1, -0.05) is 12.1 Å². The Labute approximate surface area is 165 Å². The molecule has 1 aromatic carbocycles.